The van der Waals surface area contributed by atoms with E-state index in [1.165, 1.54) is 16.9 Å². The van der Waals surface area contributed by atoms with E-state index in [4.69, 9.17) is 11.6 Å². The van der Waals surface area contributed by atoms with Crippen molar-refractivity contribution in [3.8, 4) is 6.07 Å². The Morgan fingerprint density at radius 1 is 0.857 bits per heavy atom. The van der Waals surface area contributed by atoms with Crippen LogP contribution in [0.25, 0.3) is 0 Å². The van der Waals surface area contributed by atoms with Gasteiger partial charge in [-0.15, -0.1) is 0 Å². The molecule has 2 aromatic rings. The molecule has 1 N–H and O–H groups in total. The summed E-state index contributed by atoms with van der Waals surface area (Å²) in [6.07, 6.45) is 0. The van der Waals surface area contributed by atoms with E-state index < -0.39 is 0 Å². The van der Waals surface area contributed by atoms with Crippen LogP contribution in [0.2, 0.25) is 5.02 Å². The Hall–Kier alpha value is -2.42. The van der Waals surface area contributed by atoms with E-state index in [1.54, 1.807) is 0 Å². The van der Waals surface area contributed by atoms with Crippen molar-refractivity contribution in [1.82, 2.24) is 5.32 Å². The molecule has 4 rings (SSSR count). The molecule has 2 aliphatic heterocycles. The van der Waals surface area contributed by atoms with Gasteiger partial charge in [0.25, 0.3) is 0 Å². The highest BCUT2D eigenvalue weighted by Gasteiger charge is 2.24. The van der Waals surface area contributed by atoms with Crippen molar-refractivity contribution in [2.24, 2.45) is 0 Å². The van der Waals surface area contributed by atoms with Gasteiger partial charge < -0.3 is 20.0 Å². The van der Waals surface area contributed by atoms with Crippen LogP contribution in [0.3, 0.4) is 0 Å². The number of nitriles is 1. The number of nitrogens with one attached hydrogen (secondary N) is 1. The molecule has 0 atom stereocenters. The molecule has 0 spiro atoms. The molecule has 2 aromatic carbocycles. The van der Waals surface area contributed by atoms with Crippen LogP contribution >= 0.6 is 11.6 Å². The Labute approximate surface area is 172 Å². The number of hydrogen-bond donors (Lipinski definition) is 1. The molecule has 0 radical (unpaired) electrons. The molecule has 2 heterocycles. The van der Waals surface area contributed by atoms with Gasteiger partial charge in [0.1, 0.15) is 6.07 Å². The first-order chi connectivity index (χ1) is 13.7. The molecule has 5 nitrogen and oxygen atoms in total. The molecule has 2 aliphatic rings. The summed E-state index contributed by atoms with van der Waals surface area (Å²) in [5, 5.41) is 13.9. The van der Waals surface area contributed by atoms with Crippen LogP contribution in [0.15, 0.2) is 36.4 Å². The molecular formula is C22H26ClN5. The molecule has 6 heteroatoms. The van der Waals surface area contributed by atoms with Gasteiger partial charge in [0.15, 0.2) is 0 Å². The van der Waals surface area contributed by atoms with Gasteiger partial charge in [-0.05, 0) is 48.9 Å². The summed E-state index contributed by atoms with van der Waals surface area (Å²) in [5.74, 6) is 0. The van der Waals surface area contributed by atoms with E-state index in [1.807, 2.05) is 18.2 Å². The maximum atomic E-state index is 9.71. The third-order valence-corrected chi connectivity index (χ3v) is 6.02. The molecule has 2 saturated heterocycles. The highest BCUT2D eigenvalue weighted by Crippen LogP contribution is 2.34. The summed E-state index contributed by atoms with van der Waals surface area (Å²) >= 11 is 6.02. The van der Waals surface area contributed by atoms with Gasteiger partial charge >= 0.3 is 0 Å². The lowest BCUT2D eigenvalue weighted by molar-refractivity contribution is 0.588. The average molecular weight is 396 g/mol. The molecule has 0 unspecified atom stereocenters. The van der Waals surface area contributed by atoms with Crippen molar-refractivity contribution in [2.75, 3.05) is 67.1 Å². The third kappa shape index (κ3) is 3.76. The second kappa shape index (κ2) is 8.30. The normalized spacial score (nSPS) is 17.5. The molecule has 146 valence electrons. The Bertz CT molecular complexity index is 860. The summed E-state index contributed by atoms with van der Waals surface area (Å²) in [6.45, 7) is 9.88. The van der Waals surface area contributed by atoms with Gasteiger partial charge in [-0.1, -0.05) is 11.6 Å². The van der Waals surface area contributed by atoms with Crippen molar-refractivity contribution < 1.29 is 0 Å². The molecular weight excluding hydrogens is 370 g/mol. The molecule has 0 amide bonds. The molecule has 0 aromatic heterocycles. The number of piperazine rings is 2. The maximum Gasteiger partial charge on any atom is 0.101 e. The lowest BCUT2D eigenvalue weighted by Crippen LogP contribution is -2.47. The van der Waals surface area contributed by atoms with Crippen LogP contribution in [-0.4, -0.2) is 52.4 Å². The van der Waals surface area contributed by atoms with Gasteiger partial charge in [-0.3, -0.25) is 0 Å². The van der Waals surface area contributed by atoms with Crippen LogP contribution in [0.4, 0.5) is 17.1 Å². The second-order valence-electron chi connectivity index (χ2n) is 7.41. The van der Waals surface area contributed by atoms with E-state index in [0.717, 1.165) is 68.6 Å². The zero-order valence-electron chi connectivity index (χ0n) is 16.3. The SMILES string of the molecule is Cc1c(N2CCNCC2)ccc(C#N)c1N1CCN(c2ccc(Cl)cc2)CC1. The Morgan fingerprint density at radius 2 is 1.50 bits per heavy atom. The summed E-state index contributed by atoms with van der Waals surface area (Å²) in [6, 6.07) is 14.6. The average Bonchev–Trinajstić information content (AvgIpc) is 2.75. The first-order valence-corrected chi connectivity index (χ1v) is 10.3. The van der Waals surface area contributed by atoms with Gasteiger partial charge in [0.05, 0.1) is 11.3 Å². The van der Waals surface area contributed by atoms with Crippen molar-refractivity contribution in [3.05, 3.63) is 52.5 Å². The molecule has 0 aliphatic carbocycles. The van der Waals surface area contributed by atoms with E-state index in [9.17, 15) is 5.26 Å². The highest BCUT2D eigenvalue weighted by molar-refractivity contribution is 6.30. The van der Waals surface area contributed by atoms with E-state index in [2.05, 4.69) is 51.2 Å². The van der Waals surface area contributed by atoms with Crippen molar-refractivity contribution in [1.29, 1.82) is 5.26 Å². The summed E-state index contributed by atoms with van der Waals surface area (Å²) < 4.78 is 0. The quantitative estimate of drug-likeness (QED) is 0.864. The predicted octanol–water partition coefficient (Wildman–Crippen LogP) is 3.26. The van der Waals surface area contributed by atoms with Gasteiger partial charge in [0.2, 0.25) is 0 Å². The maximum absolute atomic E-state index is 9.71. The van der Waals surface area contributed by atoms with Crippen LogP contribution in [0, 0.1) is 18.3 Å². The minimum Gasteiger partial charge on any atom is -0.369 e. The summed E-state index contributed by atoms with van der Waals surface area (Å²) in [4.78, 5) is 7.20. The van der Waals surface area contributed by atoms with Crippen LogP contribution in [0.1, 0.15) is 11.1 Å². The van der Waals surface area contributed by atoms with E-state index >= 15 is 0 Å². The third-order valence-electron chi connectivity index (χ3n) is 5.77. The van der Waals surface area contributed by atoms with Gasteiger partial charge in [-0.2, -0.15) is 5.26 Å². The van der Waals surface area contributed by atoms with Gasteiger partial charge in [-0.25, -0.2) is 0 Å². The van der Waals surface area contributed by atoms with E-state index in [0.29, 0.717) is 0 Å². The predicted molar refractivity (Wildman–Crippen MR) is 117 cm³/mol. The lowest BCUT2D eigenvalue weighted by atomic mass is 10.0. The Kier molecular flexibility index (Phi) is 5.61. The fourth-order valence-corrected chi connectivity index (χ4v) is 4.40. The monoisotopic (exact) mass is 395 g/mol. The summed E-state index contributed by atoms with van der Waals surface area (Å²) in [7, 11) is 0. The minimum absolute atomic E-state index is 0.765. The molecule has 0 saturated carbocycles. The number of benzene rings is 2. The van der Waals surface area contributed by atoms with Crippen molar-refractivity contribution in [3.63, 3.8) is 0 Å². The number of halogens is 1. The van der Waals surface area contributed by atoms with E-state index in [-0.39, 0.29) is 0 Å². The first kappa shape index (κ1) is 18.9. The Morgan fingerprint density at radius 3 is 2.14 bits per heavy atom. The zero-order valence-corrected chi connectivity index (χ0v) is 17.0. The minimum atomic E-state index is 0.765. The second-order valence-corrected chi connectivity index (χ2v) is 7.84. The van der Waals surface area contributed by atoms with Crippen LogP contribution in [0.5, 0.6) is 0 Å². The number of nitrogens with zero attached hydrogens (tertiary/aromatic N) is 4. The smallest absolute Gasteiger partial charge is 0.101 e. The van der Waals surface area contributed by atoms with Crippen molar-refractivity contribution >= 4 is 28.7 Å². The topological polar surface area (TPSA) is 45.5 Å². The van der Waals surface area contributed by atoms with Crippen LogP contribution < -0.4 is 20.0 Å². The van der Waals surface area contributed by atoms with Crippen molar-refractivity contribution in [2.45, 2.75) is 6.92 Å². The standard InChI is InChI=1S/C22H26ClN5/c1-17-21(27-10-8-25-9-11-27)7-2-18(16-24)22(17)28-14-12-26(13-15-28)20-5-3-19(23)4-6-20/h2-7,25H,8-15H2,1H3. The highest BCUT2D eigenvalue weighted by atomic mass is 35.5. The first-order valence-electron chi connectivity index (χ1n) is 9.92. The fourth-order valence-electron chi connectivity index (χ4n) is 4.28. The number of hydrogen-bond acceptors (Lipinski definition) is 5. The largest absolute Gasteiger partial charge is 0.369 e. The molecule has 0 bridgehead atoms. The Balaban J connectivity index is 1.55. The lowest BCUT2D eigenvalue weighted by Gasteiger charge is -2.39. The number of rotatable bonds is 3. The molecule has 28 heavy (non-hydrogen) atoms. The zero-order chi connectivity index (χ0) is 19.5. The van der Waals surface area contributed by atoms with Crippen LogP contribution in [-0.2, 0) is 0 Å². The summed E-state index contributed by atoms with van der Waals surface area (Å²) in [5.41, 5.74) is 5.57. The fraction of sp³-hybridized carbons (Fsp3) is 0.409. The number of anilines is 3. The molecule has 2 fully saturated rings. The van der Waals surface area contributed by atoms with Gasteiger partial charge in [0, 0.05) is 68.8 Å².